The second-order valence-electron chi connectivity index (χ2n) is 6.44. The highest BCUT2D eigenvalue weighted by Crippen LogP contribution is 2.24. The lowest BCUT2D eigenvalue weighted by Gasteiger charge is -2.26. The minimum Gasteiger partial charge on any atom is -0.379 e. The molecule has 25 heavy (non-hydrogen) atoms. The molecule has 0 spiro atoms. The van der Waals surface area contributed by atoms with Crippen LogP contribution in [0.3, 0.4) is 0 Å². The first-order valence-electron chi connectivity index (χ1n) is 8.60. The quantitative estimate of drug-likeness (QED) is 0.817. The highest BCUT2D eigenvalue weighted by molar-refractivity contribution is 6.33. The summed E-state index contributed by atoms with van der Waals surface area (Å²) >= 11 is 6.29. The van der Waals surface area contributed by atoms with Crippen molar-refractivity contribution in [2.24, 2.45) is 0 Å². The molecule has 2 heterocycles. The molecule has 2 aromatic rings. The Morgan fingerprint density at radius 3 is 2.60 bits per heavy atom. The molecule has 0 unspecified atom stereocenters. The van der Waals surface area contributed by atoms with Gasteiger partial charge in [0, 0.05) is 31.1 Å². The first-order chi connectivity index (χ1) is 12.1. The van der Waals surface area contributed by atoms with Crippen LogP contribution in [-0.2, 0) is 11.3 Å². The van der Waals surface area contributed by atoms with Crippen LogP contribution >= 0.6 is 11.6 Å². The number of hydrogen-bond acceptors (Lipinski definition) is 5. The summed E-state index contributed by atoms with van der Waals surface area (Å²) in [5, 5.41) is 5.06. The number of ether oxygens (including phenoxy) is 1. The Balaban J connectivity index is 1.93. The van der Waals surface area contributed by atoms with Crippen molar-refractivity contribution >= 4 is 11.6 Å². The van der Waals surface area contributed by atoms with Crippen LogP contribution in [0, 0.1) is 0 Å². The molecule has 1 aliphatic rings. The van der Waals surface area contributed by atoms with E-state index in [4.69, 9.17) is 16.3 Å². The molecule has 7 heteroatoms. The van der Waals surface area contributed by atoms with Gasteiger partial charge in [-0.2, -0.15) is 0 Å². The molecule has 6 nitrogen and oxygen atoms in total. The molecule has 1 saturated heterocycles. The van der Waals surface area contributed by atoms with E-state index in [0.717, 1.165) is 38.4 Å². The van der Waals surface area contributed by atoms with Gasteiger partial charge < -0.3 is 4.74 Å². The Morgan fingerprint density at radius 2 is 1.92 bits per heavy atom. The summed E-state index contributed by atoms with van der Waals surface area (Å²) in [6.45, 7) is 8.46. The summed E-state index contributed by atoms with van der Waals surface area (Å²) < 4.78 is 6.89. The third-order valence-electron chi connectivity index (χ3n) is 4.29. The van der Waals surface area contributed by atoms with E-state index < -0.39 is 0 Å². The number of aromatic nitrogens is 3. The van der Waals surface area contributed by atoms with Gasteiger partial charge in [-0.1, -0.05) is 37.6 Å². The van der Waals surface area contributed by atoms with E-state index in [-0.39, 0.29) is 11.5 Å². The van der Waals surface area contributed by atoms with Crippen LogP contribution in [0.4, 0.5) is 0 Å². The predicted molar refractivity (Wildman–Crippen MR) is 98.1 cm³/mol. The van der Waals surface area contributed by atoms with Crippen molar-refractivity contribution in [2.45, 2.75) is 26.3 Å². The second-order valence-corrected chi connectivity index (χ2v) is 6.84. The number of benzene rings is 1. The molecule has 3 rings (SSSR count). The van der Waals surface area contributed by atoms with E-state index in [2.05, 4.69) is 15.0 Å². The monoisotopic (exact) mass is 362 g/mol. The molecule has 0 aliphatic carbocycles. The zero-order valence-corrected chi connectivity index (χ0v) is 15.4. The van der Waals surface area contributed by atoms with E-state index in [1.54, 1.807) is 6.07 Å². The van der Waals surface area contributed by atoms with Gasteiger partial charge in [-0.05, 0) is 12.1 Å². The summed E-state index contributed by atoms with van der Waals surface area (Å²) in [5.41, 5.74) is 1.14. The highest BCUT2D eigenvalue weighted by Gasteiger charge is 2.17. The number of morpholine rings is 1. The minimum absolute atomic E-state index is 0.0198. The SMILES string of the molecule is CC(C)c1nc(-c2ccccc2Cl)nn(CCN2CCOCC2)c1=O. The molecular weight excluding hydrogens is 340 g/mol. The molecular formula is C18H23ClN4O2. The fourth-order valence-electron chi connectivity index (χ4n) is 2.82. The standard InChI is InChI=1S/C18H23ClN4O2/c1-13(2)16-18(24)23(8-7-22-9-11-25-12-10-22)21-17(20-16)14-5-3-4-6-15(14)19/h3-6,13H,7-12H2,1-2H3. The van der Waals surface area contributed by atoms with Crippen molar-refractivity contribution in [2.75, 3.05) is 32.8 Å². The summed E-state index contributed by atoms with van der Waals surface area (Å²) in [7, 11) is 0. The van der Waals surface area contributed by atoms with E-state index in [9.17, 15) is 4.79 Å². The van der Waals surface area contributed by atoms with Gasteiger partial charge in [0.1, 0.15) is 5.69 Å². The van der Waals surface area contributed by atoms with Crippen molar-refractivity contribution in [1.82, 2.24) is 19.7 Å². The molecule has 134 valence electrons. The number of nitrogens with zero attached hydrogens (tertiary/aromatic N) is 4. The normalized spacial score (nSPS) is 15.7. The maximum atomic E-state index is 12.7. The van der Waals surface area contributed by atoms with Crippen molar-refractivity contribution in [3.05, 3.63) is 45.3 Å². The maximum absolute atomic E-state index is 12.7. The van der Waals surface area contributed by atoms with Gasteiger partial charge in [0.2, 0.25) is 0 Å². The fourth-order valence-corrected chi connectivity index (χ4v) is 3.04. The summed E-state index contributed by atoms with van der Waals surface area (Å²) in [6, 6.07) is 7.43. The molecule has 0 saturated carbocycles. The zero-order valence-electron chi connectivity index (χ0n) is 14.6. The second kappa shape index (κ2) is 8.08. The van der Waals surface area contributed by atoms with Crippen molar-refractivity contribution in [3.8, 4) is 11.4 Å². The van der Waals surface area contributed by atoms with Crippen molar-refractivity contribution in [3.63, 3.8) is 0 Å². The number of halogens is 1. The van der Waals surface area contributed by atoms with Gasteiger partial charge in [0.05, 0.1) is 24.8 Å². The van der Waals surface area contributed by atoms with Crippen molar-refractivity contribution < 1.29 is 4.74 Å². The lowest BCUT2D eigenvalue weighted by molar-refractivity contribution is 0.0357. The number of rotatable bonds is 5. The number of hydrogen-bond donors (Lipinski definition) is 0. The molecule has 0 N–H and O–H groups in total. The summed E-state index contributed by atoms with van der Waals surface area (Å²) in [5.74, 6) is 0.516. The topological polar surface area (TPSA) is 60.3 Å². The van der Waals surface area contributed by atoms with Crippen LogP contribution in [0.2, 0.25) is 5.02 Å². The third-order valence-corrected chi connectivity index (χ3v) is 4.62. The molecule has 1 aliphatic heterocycles. The Kier molecular flexibility index (Phi) is 5.83. The summed E-state index contributed by atoms with van der Waals surface area (Å²) in [6.07, 6.45) is 0. The van der Waals surface area contributed by atoms with Crippen LogP contribution in [0.1, 0.15) is 25.5 Å². The van der Waals surface area contributed by atoms with E-state index in [1.165, 1.54) is 4.68 Å². The predicted octanol–water partition coefficient (Wildman–Crippen LogP) is 2.41. The first kappa shape index (κ1) is 18.0. The molecule has 0 bridgehead atoms. The zero-order chi connectivity index (χ0) is 17.8. The fraction of sp³-hybridized carbons (Fsp3) is 0.500. The largest absolute Gasteiger partial charge is 0.379 e. The molecule has 1 fully saturated rings. The van der Waals surface area contributed by atoms with Gasteiger partial charge in [-0.25, -0.2) is 9.67 Å². The average Bonchev–Trinajstić information content (AvgIpc) is 2.62. The maximum Gasteiger partial charge on any atom is 0.288 e. The molecule has 0 radical (unpaired) electrons. The van der Waals surface area contributed by atoms with E-state index in [1.807, 2.05) is 32.0 Å². The van der Waals surface area contributed by atoms with E-state index >= 15 is 0 Å². The third kappa shape index (κ3) is 4.26. The van der Waals surface area contributed by atoms with Gasteiger partial charge in [0.15, 0.2) is 5.82 Å². The lowest BCUT2D eigenvalue weighted by Crippen LogP contribution is -2.40. The van der Waals surface area contributed by atoms with Crippen LogP contribution < -0.4 is 5.56 Å². The Hall–Kier alpha value is -1.76. The highest BCUT2D eigenvalue weighted by atomic mass is 35.5. The van der Waals surface area contributed by atoms with Gasteiger partial charge in [-0.15, -0.1) is 5.10 Å². The smallest absolute Gasteiger partial charge is 0.288 e. The van der Waals surface area contributed by atoms with Gasteiger partial charge in [0.25, 0.3) is 5.56 Å². The average molecular weight is 363 g/mol. The van der Waals surface area contributed by atoms with Gasteiger partial charge >= 0.3 is 0 Å². The van der Waals surface area contributed by atoms with Crippen molar-refractivity contribution in [1.29, 1.82) is 0 Å². The molecule has 0 atom stereocenters. The molecule has 1 aromatic heterocycles. The minimum atomic E-state index is -0.126. The van der Waals surface area contributed by atoms with Crippen LogP contribution in [-0.4, -0.2) is 52.5 Å². The Bertz CT molecular complexity index is 785. The van der Waals surface area contributed by atoms with Crippen LogP contribution in [0.15, 0.2) is 29.1 Å². The summed E-state index contributed by atoms with van der Waals surface area (Å²) in [4.78, 5) is 19.5. The molecule has 1 aromatic carbocycles. The van der Waals surface area contributed by atoms with Crippen LogP contribution in [0.5, 0.6) is 0 Å². The first-order valence-corrected chi connectivity index (χ1v) is 8.98. The Morgan fingerprint density at radius 1 is 1.20 bits per heavy atom. The van der Waals surface area contributed by atoms with E-state index in [0.29, 0.717) is 23.1 Å². The lowest BCUT2D eigenvalue weighted by atomic mass is 10.1. The van der Waals surface area contributed by atoms with Gasteiger partial charge in [-0.3, -0.25) is 9.69 Å². The van der Waals surface area contributed by atoms with Crippen LogP contribution in [0.25, 0.3) is 11.4 Å². The molecule has 0 amide bonds. The Labute approximate surface area is 152 Å².